The second kappa shape index (κ2) is 3.69. The number of primary amides is 1. The third-order valence-corrected chi connectivity index (χ3v) is 2.84. The smallest absolute Gasteiger partial charge is 0.271 e. The van der Waals surface area contributed by atoms with Gasteiger partial charge in [-0.2, -0.15) is 15.4 Å². The summed E-state index contributed by atoms with van der Waals surface area (Å²) in [5, 5.41) is 11.2. The first-order valence-electron chi connectivity index (χ1n) is 5.46. The molecule has 6 nitrogen and oxygen atoms in total. The maximum atomic E-state index is 11.3. The zero-order valence-electron chi connectivity index (χ0n) is 9.69. The molecule has 4 N–H and O–H groups in total. The average molecular weight is 241 g/mol. The summed E-state index contributed by atoms with van der Waals surface area (Å²) in [6, 6.07) is 7.76. The van der Waals surface area contributed by atoms with Gasteiger partial charge in [0.25, 0.3) is 5.91 Å². The molecule has 3 aromatic rings. The van der Waals surface area contributed by atoms with Crippen LogP contribution in [0, 0.1) is 6.92 Å². The molecule has 0 aliphatic rings. The maximum absolute atomic E-state index is 11.3. The Kier molecular flexibility index (Phi) is 2.16. The van der Waals surface area contributed by atoms with Gasteiger partial charge in [0, 0.05) is 22.2 Å². The van der Waals surface area contributed by atoms with Crippen LogP contribution in [-0.2, 0) is 0 Å². The Hall–Kier alpha value is -2.63. The molecule has 0 aliphatic heterocycles. The van der Waals surface area contributed by atoms with Crippen molar-refractivity contribution >= 4 is 16.8 Å². The van der Waals surface area contributed by atoms with Gasteiger partial charge in [-0.05, 0) is 19.1 Å². The van der Waals surface area contributed by atoms with E-state index in [1.807, 2.05) is 31.2 Å². The van der Waals surface area contributed by atoms with Crippen LogP contribution in [0.5, 0.6) is 0 Å². The summed E-state index contributed by atoms with van der Waals surface area (Å²) in [6.45, 7) is 1.97. The second-order valence-electron chi connectivity index (χ2n) is 4.10. The van der Waals surface area contributed by atoms with Crippen molar-refractivity contribution in [3.63, 3.8) is 0 Å². The Morgan fingerprint density at radius 2 is 2.17 bits per heavy atom. The SMILES string of the molecule is Cc1cc2c(-c3n[nH]nc3C(N)=O)cccc2[nH]1. The minimum atomic E-state index is -0.594. The van der Waals surface area contributed by atoms with E-state index in [4.69, 9.17) is 5.73 Å². The lowest BCUT2D eigenvalue weighted by atomic mass is 10.1. The molecule has 0 spiro atoms. The van der Waals surface area contributed by atoms with Crippen molar-refractivity contribution in [2.75, 3.05) is 0 Å². The van der Waals surface area contributed by atoms with Gasteiger partial charge in [0.1, 0.15) is 5.69 Å². The van der Waals surface area contributed by atoms with Gasteiger partial charge in [0.15, 0.2) is 5.69 Å². The van der Waals surface area contributed by atoms with Crippen LogP contribution in [0.15, 0.2) is 24.3 Å². The van der Waals surface area contributed by atoms with Gasteiger partial charge in [0.05, 0.1) is 0 Å². The number of hydrogen-bond donors (Lipinski definition) is 3. The number of fused-ring (bicyclic) bond motifs is 1. The summed E-state index contributed by atoms with van der Waals surface area (Å²) < 4.78 is 0. The van der Waals surface area contributed by atoms with E-state index in [-0.39, 0.29) is 5.69 Å². The van der Waals surface area contributed by atoms with E-state index in [0.717, 1.165) is 22.2 Å². The van der Waals surface area contributed by atoms with Gasteiger partial charge in [-0.25, -0.2) is 0 Å². The Balaban J connectivity index is 2.31. The fourth-order valence-corrected chi connectivity index (χ4v) is 2.09. The summed E-state index contributed by atoms with van der Waals surface area (Å²) in [5.41, 5.74) is 8.77. The number of aryl methyl sites for hydroxylation is 1. The summed E-state index contributed by atoms with van der Waals surface area (Å²) in [7, 11) is 0. The van der Waals surface area contributed by atoms with E-state index in [0.29, 0.717) is 5.69 Å². The predicted molar refractivity (Wildman–Crippen MR) is 66.9 cm³/mol. The number of rotatable bonds is 2. The molecule has 0 radical (unpaired) electrons. The molecule has 0 saturated carbocycles. The van der Waals surface area contributed by atoms with Crippen LogP contribution in [0.4, 0.5) is 0 Å². The van der Waals surface area contributed by atoms with Crippen LogP contribution in [-0.4, -0.2) is 26.3 Å². The molecule has 2 heterocycles. The molecule has 6 heteroatoms. The van der Waals surface area contributed by atoms with E-state index in [2.05, 4.69) is 20.4 Å². The van der Waals surface area contributed by atoms with Crippen LogP contribution in [0.3, 0.4) is 0 Å². The number of nitrogens with two attached hydrogens (primary N) is 1. The number of H-pyrrole nitrogens is 2. The highest BCUT2D eigenvalue weighted by atomic mass is 16.1. The molecular weight excluding hydrogens is 230 g/mol. The third kappa shape index (κ3) is 1.46. The Morgan fingerprint density at radius 1 is 1.33 bits per heavy atom. The number of benzene rings is 1. The van der Waals surface area contributed by atoms with Gasteiger partial charge in [-0.15, -0.1) is 0 Å². The Bertz CT molecular complexity index is 740. The molecular formula is C12H11N5O. The zero-order valence-corrected chi connectivity index (χ0v) is 9.69. The summed E-state index contributed by atoms with van der Waals surface area (Å²) in [6.07, 6.45) is 0. The summed E-state index contributed by atoms with van der Waals surface area (Å²) >= 11 is 0. The number of aromatic nitrogens is 4. The first-order chi connectivity index (χ1) is 8.66. The van der Waals surface area contributed by atoms with Crippen LogP contribution in [0.1, 0.15) is 16.2 Å². The highest BCUT2D eigenvalue weighted by Gasteiger charge is 2.17. The Morgan fingerprint density at radius 3 is 2.94 bits per heavy atom. The molecule has 1 aromatic carbocycles. The fraction of sp³-hybridized carbons (Fsp3) is 0.0833. The van der Waals surface area contributed by atoms with Crippen LogP contribution < -0.4 is 5.73 Å². The van der Waals surface area contributed by atoms with Gasteiger partial charge < -0.3 is 10.7 Å². The third-order valence-electron chi connectivity index (χ3n) is 2.84. The predicted octanol–water partition coefficient (Wildman–Crippen LogP) is 1.36. The highest BCUT2D eigenvalue weighted by molar-refractivity contribution is 6.02. The quantitative estimate of drug-likeness (QED) is 0.631. The topological polar surface area (TPSA) is 100 Å². The largest absolute Gasteiger partial charge is 0.364 e. The first kappa shape index (κ1) is 10.5. The van der Waals surface area contributed by atoms with Gasteiger partial charge in [0.2, 0.25) is 0 Å². The monoisotopic (exact) mass is 241 g/mol. The van der Waals surface area contributed by atoms with Crippen LogP contribution in [0.2, 0.25) is 0 Å². The molecule has 0 aliphatic carbocycles. The molecule has 90 valence electrons. The first-order valence-corrected chi connectivity index (χ1v) is 5.46. The number of carbonyl (C=O) groups excluding carboxylic acids is 1. The molecule has 0 unspecified atom stereocenters. The Labute approximate surface area is 102 Å². The van der Waals surface area contributed by atoms with Crippen molar-refractivity contribution in [1.82, 2.24) is 20.4 Å². The number of hydrogen-bond acceptors (Lipinski definition) is 3. The minimum Gasteiger partial charge on any atom is -0.364 e. The number of aromatic amines is 2. The van der Waals surface area contributed by atoms with Crippen molar-refractivity contribution in [3.05, 3.63) is 35.7 Å². The molecule has 1 amide bonds. The van der Waals surface area contributed by atoms with E-state index >= 15 is 0 Å². The molecule has 18 heavy (non-hydrogen) atoms. The summed E-state index contributed by atoms with van der Waals surface area (Å²) in [5.74, 6) is -0.594. The lowest BCUT2D eigenvalue weighted by Crippen LogP contribution is -2.12. The van der Waals surface area contributed by atoms with Gasteiger partial charge in [-0.3, -0.25) is 4.79 Å². The normalized spacial score (nSPS) is 10.9. The van der Waals surface area contributed by atoms with E-state index in [1.54, 1.807) is 0 Å². The lowest BCUT2D eigenvalue weighted by molar-refractivity contribution is 0.0996. The van der Waals surface area contributed by atoms with Crippen molar-refractivity contribution < 1.29 is 4.79 Å². The van der Waals surface area contributed by atoms with Crippen LogP contribution >= 0.6 is 0 Å². The van der Waals surface area contributed by atoms with Crippen molar-refractivity contribution in [2.24, 2.45) is 5.73 Å². The van der Waals surface area contributed by atoms with E-state index in [9.17, 15) is 4.79 Å². The van der Waals surface area contributed by atoms with Crippen molar-refractivity contribution in [2.45, 2.75) is 6.92 Å². The van der Waals surface area contributed by atoms with Crippen molar-refractivity contribution in [3.8, 4) is 11.3 Å². The number of amides is 1. The standard InChI is InChI=1S/C12H11N5O/c1-6-5-8-7(3-2-4-9(8)14-6)10-11(12(13)18)16-17-15-10/h2-5,14H,1H3,(H2,13,18)(H,15,16,17). The average Bonchev–Trinajstić information content (AvgIpc) is 2.92. The molecule has 0 atom stereocenters. The number of nitrogens with one attached hydrogen (secondary N) is 2. The minimum absolute atomic E-state index is 0.154. The summed E-state index contributed by atoms with van der Waals surface area (Å²) in [4.78, 5) is 14.5. The fourth-order valence-electron chi connectivity index (χ4n) is 2.09. The molecule has 0 saturated heterocycles. The highest BCUT2D eigenvalue weighted by Crippen LogP contribution is 2.29. The van der Waals surface area contributed by atoms with E-state index in [1.165, 1.54) is 0 Å². The van der Waals surface area contributed by atoms with Crippen molar-refractivity contribution in [1.29, 1.82) is 0 Å². The molecule has 0 fully saturated rings. The zero-order chi connectivity index (χ0) is 12.7. The second-order valence-corrected chi connectivity index (χ2v) is 4.10. The van der Waals surface area contributed by atoms with Gasteiger partial charge >= 0.3 is 0 Å². The molecule has 3 rings (SSSR count). The maximum Gasteiger partial charge on any atom is 0.271 e. The van der Waals surface area contributed by atoms with Crippen LogP contribution in [0.25, 0.3) is 22.2 Å². The number of carbonyl (C=O) groups is 1. The van der Waals surface area contributed by atoms with E-state index < -0.39 is 5.91 Å². The lowest BCUT2D eigenvalue weighted by Gasteiger charge is -2.00. The number of nitrogens with zero attached hydrogens (tertiary/aromatic N) is 2. The molecule has 0 bridgehead atoms. The van der Waals surface area contributed by atoms with Gasteiger partial charge in [-0.1, -0.05) is 12.1 Å². The molecule has 2 aromatic heterocycles.